The largest absolute Gasteiger partial charge is 0.394 e. The standard InChI is InChI=1S/C8H11N3O2/c9-7(4-12)5-1-6(8(10)13)3-11-2-5/h1-3,7,12H,4,9H2,(H2,10,13). The summed E-state index contributed by atoms with van der Waals surface area (Å²) in [6.45, 7) is -0.191. The zero-order valence-corrected chi connectivity index (χ0v) is 6.97. The summed E-state index contributed by atoms with van der Waals surface area (Å²) >= 11 is 0. The number of primary amides is 1. The molecule has 1 heterocycles. The van der Waals surface area contributed by atoms with Crippen LogP contribution in [0.2, 0.25) is 0 Å². The van der Waals surface area contributed by atoms with Crippen molar-refractivity contribution < 1.29 is 9.90 Å². The van der Waals surface area contributed by atoms with Crippen LogP contribution in [0, 0.1) is 0 Å². The van der Waals surface area contributed by atoms with Gasteiger partial charge in [-0.25, -0.2) is 0 Å². The molecule has 5 N–H and O–H groups in total. The van der Waals surface area contributed by atoms with Gasteiger partial charge in [0.2, 0.25) is 5.91 Å². The van der Waals surface area contributed by atoms with E-state index in [4.69, 9.17) is 16.6 Å². The van der Waals surface area contributed by atoms with Crippen molar-refractivity contribution in [3.8, 4) is 0 Å². The summed E-state index contributed by atoms with van der Waals surface area (Å²) < 4.78 is 0. The number of amides is 1. The van der Waals surface area contributed by atoms with E-state index in [0.717, 1.165) is 0 Å². The molecule has 0 aromatic carbocycles. The molecular formula is C8H11N3O2. The Bertz CT molecular complexity index is 314. The fourth-order valence-electron chi connectivity index (χ4n) is 0.901. The molecule has 0 spiro atoms. The van der Waals surface area contributed by atoms with Crippen molar-refractivity contribution in [2.45, 2.75) is 6.04 Å². The fourth-order valence-corrected chi connectivity index (χ4v) is 0.901. The summed E-state index contributed by atoms with van der Waals surface area (Å²) in [4.78, 5) is 14.5. The van der Waals surface area contributed by atoms with Gasteiger partial charge in [0.25, 0.3) is 0 Å². The van der Waals surface area contributed by atoms with E-state index in [2.05, 4.69) is 4.98 Å². The quantitative estimate of drug-likeness (QED) is 0.566. The lowest BCUT2D eigenvalue weighted by molar-refractivity contribution is 0.0999. The van der Waals surface area contributed by atoms with Crippen LogP contribution in [0.5, 0.6) is 0 Å². The van der Waals surface area contributed by atoms with Crippen LogP contribution in [-0.2, 0) is 0 Å². The molecule has 0 bridgehead atoms. The number of carbonyl (C=O) groups excluding carboxylic acids is 1. The summed E-state index contributed by atoms with van der Waals surface area (Å²) in [6.07, 6.45) is 2.85. The maximum atomic E-state index is 10.7. The van der Waals surface area contributed by atoms with Crippen LogP contribution in [0.1, 0.15) is 22.0 Å². The minimum absolute atomic E-state index is 0.191. The highest BCUT2D eigenvalue weighted by Gasteiger charge is 2.07. The van der Waals surface area contributed by atoms with E-state index in [0.29, 0.717) is 11.1 Å². The molecule has 0 radical (unpaired) electrons. The van der Waals surface area contributed by atoms with E-state index in [1.54, 1.807) is 0 Å². The van der Waals surface area contributed by atoms with Crippen molar-refractivity contribution >= 4 is 5.91 Å². The van der Waals surface area contributed by atoms with Gasteiger partial charge in [-0.2, -0.15) is 0 Å². The first kappa shape index (κ1) is 9.63. The Kier molecular flexibility index (Phi) is 2.94. The average molecular weight is 181 g/mol. The number of aliphatic hydroxyl groups excluding tert-OH is 1. The molecule has 0 aliphatic carbocycles. The predicted octanol–water partition coefficient (Wildman–Crippen LogP) is -0.827. The molecule has 0 saturated heterocycles. The van der Waals surface area contributed by atoms with E-state index in [9.17, 15) is 4.79 Å². The Morgan fingerprint density at radius 3 is 2.85 bits per heavy atom. The van der Waals surface area contributed by atoms with Gasteiger partial charge in [0.1, 0.15) is 0 Å². The van der Waals surface area contributed by atoms with E-state index in [-0.39, 0.29) is 6.61 Å². The minimum Gasteiger partial charge on any atom is -0.394 e. The number of carbonyl (C=O) groups is 1. The summed E-state index contributed by atoms with van der Waals surface area (Å²) in [5.74, 6) is -0.556. The Hall–Kier alpha value is -1.46. The van der Waals surface area contributed by atoms with Crippen LogP contribution in [0.3, 0.4) is 0 Å². The third kappa shape index (κ3) is 2.24. The maximum absolute atomic E-state index is 10.7. The topological polar surface area (TPSA) is 102 Å². The van der Waals surface area contributed by atoms with Gasteiger partial charge in [-0.3, -0.25) is 9.78 Å². The van der Waals surface area contributed by atoms with E-state index < -0.39 is 11.9 Å². The molecule has 5 heteroatoms. The SMILES string of the molecule is NC(=O)c1cncc(C(N)CO)c1. The second-order valence-corrected chi connectivity index (χ2v) is 2.66. The molecular weight excluding hydrogens is 170 g/mol. The molecule has 0 saturated carbocycles. The Balaban J connectivity index is 2.98. The lowest BCUT2D eigenvalue weighted by atomic mass is 10.1. The van der Waals surface area contributed by atoms with E-state index in [1.165, 1.54) is 18.5 Å². The van der Waals surface area contributed by atoms with Gasteiger partial charge in [0, 0.05) is 12.4 Å². The number of rotatable bonds is 3. The number of nitrogens with zero attached hydrogens (tertiary/aromatic N) is 1. The van der Waals surface area contributed by atoms with Crippen molar-refractivity contribution in [2.24, 2.45) is 11.5 Å². The Morgan fingerprint density at radius 2 is 2.31 bits per heavy atom. The molecule has 5 nitrogen and oxygen atoms in total. The number of aliphatic hydroxyl groups is 1. The Morgan fingerprint density at radius 1 is 1.62 bits per heavy atom. The molecule has 13 heavy (non-hydrogen) atoms. The number of hydrogen-bond acceptors (Lipinski definition) is 4. The van der Waals surface area contributed by atoms with Crippen LogP contribution >= 0.6 is 0 Å². The number of aromatic nitrogens is 1. The Labute approximate surface area is 75.4 Å². The maximum Gasteiger partial charge on any atom is 0.250 e. The van der Waals surface area contributed by atoms with Crippen molar-refractivity contribution in [1.29, 1.82) is 0 Å². The smallest absolute Gasteiger partial charge is 0.250 e. The molecule has 1 aromatic rings. The van der Waals surface area contributed by atoms with Crippen LogP contribution in [0.4, 0.5) is 0 Å². The summed E-state index contributed by atoms with van der Waals surface area (Å²) in [6, 6.07) is 1.00. The molecule has 0 fully saturated rings. The monoisotopic (exact) mass is 181 g/mol. The molecule has 1 aromatic heterocycles. The number of nitrogens with two attached hydrogens (primary N) is 2. The fraction of sp³-hybridized carbons (Fsp3) is 0.250. The highest BCUT2D eigenvalue weighted by molar-refractivity contribution is 5.92. The van der Waals surface area contributed by atoms with Crippen LogP contribution in [0.15, 0.2) is 18.5 Å². The van der Waals surface area contributed by atoms with Gasteiger partial charge in [0.15, 0.2) is 0 Å². The first-order valence-electron chi connectivity index (χ1n) is 3.76. The highest BCUT2D eigenvalue weighted by atomic mass is 16.3. The van der Waals surface area contributed by atoms with Crippen molar-refractivity contribution in [3.63, 3.8) is 0 Å². The zero-order valence-electron chi connectivity index (χ0n) is 6.97. The third-order valence-electron chi connectivity index (χ3n) is 1.67. The predicted molar refractivity (Wildman–Crippen MR) is 46.8 cm³/mol. The van der Waals surface area contributed by atoms with Crippen LogP contribution in [0.25, 0.3) is 0 Å². The highest BCUT2D eigenvalue weighted by Crippen LogP contribution is 2.09. The van der Waals surface area contributed by atoms with Crippen LogP contribution in [-0.4, -0.2) is 22.6 Å². The lowest BCUT2D eigenvalue weighted by Crippen LogP contribution is -2.17. The van der Waals surface area contributed by atoms with Gasteiger partial charge in [-0.1, -0.05) is 0 Å². The third-order valence-corrected chi connectivity index (χ3v) is 1.67. The number of hydrogen-bond donors (Lipinski definition) is 3. The normalized spacial score (nSPS) is 12.5. The molecule has 0 aliphatic rings. The number of pyridine rings is 1. The molecule has 1 atom stereocenters. The minimum atomic E-state index is -0.556. The first-order valence-corrected chi connectivity index (χ1v) is 3.76. The molecule has 0 aliphatic heterocycles. The van der Waals surface area contributed by atoms with Crippen molar-refractivity contribution in [3.05, 3.63) is 29.6 Å². The molecule has 1 unspecified atom stereocenters. The van der Waals surface area contributed by atoms with Crippen molar-refractivity contribution in [1.82, 2.24) is 4.98 Å². The van der Waals surface area contributed by atoms with Crippen molar-refractivity contribution in [2.75, 3.05) is 6.61 Å². The zero-order chi connectivity index (χ0) is 9.84. The van der Waals surface area contributed by atoms with Gasteiger partial charge in [0.05, 0.1) is 18.2 Å². The summed E-state index contributed by atoms with van der Waals surface area (Å²) in [5.41, 5.74) is 11.5. The molecule has 1 amide bonds. The van der Waals surface area contributed by atoms with E-state index in [1.807, 2.05) is 0 Å². The first-order chi connectivity index (χ1) is 6.15. The lowest BCUT2D eigenvalue weighted by Gasteiger charge is -2.07. The van der Waals surface area contributed by atoms with Gasteiger partial charge in [-0.05, 0) is 11.6 Å². The molecule has 1 rings (SSSR count). The molecule has 70 valence electrons. The van der Waals surface area contributed by atoms with Gasteiger partial charge < -0.3 is 16.6 Å². The second-order valence-electron chi connectivity index (χ2n) is 2.66. The van der Waals surface area contributed by atoms with E-state index >= 15 is 0 Å². The average Bonchev–Trinajstić information content (AvgIpc) is 2.17. The second kappa shape index (κ2) is 3.97. The summed E-state index contributed by atoms with van der Waals surface area (Å²) in [7, 11) is 0. The van der Waals surface area contributed by atoms with Gasteiger partial charge >= 0.3 is 0 Å². The van der Waals surface area contributed by atoms with Gasteiger partial charge in [-0.15, -0.1) is 0 Å². The summed E-state index contributed by atoms with van der Waals surface area (Å²) in [5, 5.41) is 8.75. The van der Waals surface area contributed by atoms with Crippen LogP contribution < -0.4 is 11.5 Å².